The number of ether oxygens (including phenoxy) is 8. The topological polar surface area (TPSA) is 85.9 Å². The van der Waals surface area contributed by atoms with Gasteiger partial charge in [0, 0.05) is 6.61 Å². The third-order valence-corrected chi connectivity index (χ3v) is 5.20. The summed E-state index contributed by atoms with van der Waals surface area (Å²) in [6, 6.07) is 0. The minimum absolute atomic E-state index is 0.384. The normalized spacial score (nSPS) is 15.8. The third kappa shape index (κ3) is 21.9. The van der Waals surface area contributed by atoms with Gasteiger partial charge in [-0.25, -0.2) is 0 Å². The minimum atomic E-state index is 0.384. The molecule has 0 aliphatic carbocycles. The van der Waals surface area contributed by atoms with Crippen LogP contribution in [0, 0.1) is 5.92 Å². The van der Waals surface area contributed by atoms with Crippen LogP contribution in [0.1, 0.15) is 33.1 Å². The van der Waals surface area contributed by atoms with E-state index in [0.717, 1.165) is 39.0 Å². The lowest BCUT2D eigenvalue weighted by atomic mass is 10.1. The number of piperidine rings is 1. The molecule has 0 aromatic carbocycles. The van der Waals surface area contributed by atoms with Gasteiger partial charge in [0.1, 0.15) is 0 Å². The van der Waals surface area contributed by atoms with Gasteiger partial charge < -0.3 is 43.2 Å². The monoisotopic (exact) mass is 479 g/mol. The van der Waals surface area contributed by atoms with Crippen LogP contribution in [0.2, 0.25) is 0 Å². The molecule has 1 atom stereocenters. The Bertz CT molecular complexity index is 385. The van der Waals surface area contributed by atoms with Crippen LogP contribution in [0.5, 0.6) is 0 Å². The van der Waals surface area contributed by atoms with Gasteiger partial charge in [0.15, 0.2) is 0 Å². The van der Waals surface area contributed by atoms with E-state index in [1.807, 2.05) is 0 Å². The van der Waals surface area contributed by atoms with E-state index in [1.54, 1.807) is 0 Å². The van der Waals surface area contributed by atoms with Crippen LogP contribution in [0.4, 0.5) is 0 Å². The number of rotatable bonds is 25. The van der Waals surface area contributed by atoms with E-state index in [0.29, 0.717) is 105 Å². The van der Waals surface area contributed by atoms with Gasteiger partial charge >= 0.3 is 0 Å². The maximum absolute atomic E-state index is 5.78. The summed E-state index contributed by atoms with van der Waals surface area (Å²) >= 11 is 0. The fourth-order valence-corrected chi connectivity index (χ4v) is 2.96. The van der Waals surface area contributed by atoms with Crippen molar-refractivity contribution in [3.63, 3.8) is 0 Å². The molecule has 1 N–H and O–H groups in total. The first kappa shape index (κ1) is 30.7. The molecule has 1 aliphatic heterocycles. The first-order valence-electron chi connectivity index (χ1n) is 12.7. The third-order valence-electron chi connectivity index (χ3n) is 5.20. The zero-order chi connectivity index (χ0) is 23.7. The van der Waals surface area contributed by atoms with Gasteiger partial charge in [0.05, 0.1) is 98.6 Å². The smallest absolute Gasteiger partial charge is 0.0704 e. The van der Waals surface area contributed by atoms with Crippen molar-refractivity contribution in [1.82, 2.24) is 5.32 Å². The van der Waals surface area contributed by atoms with Gasteiger partial charge in [-0.1, -0.05) is 20.3 Å². The van der Waals surface area contributed by atoms with E-state index < -0.39 is 0 Å². The zero-order valence-corrected chi connectivity index (χ0v) is 21.1. The molecule has 1 aliphatic rings. The summed E-state index contributed by atoms with van der Waals surface area (Å²) in [5, 5.41) is 3.33. The predicted octanol–water partition coefficient (Wildman–Crippen LogP) is 1.92. The Balaban J connectivity index is 1.63. The number of nitrogens with one attached hydrogen (secondary N) is 1. The van der Waals surface area contributed by atoms with Crippen LogP contribution in [-0.2, 0) is 37.9 Å². The van der Waals surface area contributed by atoms with Gasteiger partial charge in [-0.3, -0.25) is 0 Å². The molecule has 33 heavy (non-hydrogen) atoms. The molecule has 0 saturated carbocycles. The van der Waals surface area contributed by atoms with E-state index in [4.69, 9.17) is 37.9 Å². The van der Waals surface area contributed by atoms with Gasteiger partial charge in [0.25, 0.3) is 0 Å². The predicted molar refractivity (Wildman–Crippen MR) is 127 cm³/mol. The molecule has 1 unspecified atom stereocenters. The van der Waals surface area contributed by atoms with Gasteiger partial charge in [-0.15, -0.1) is 0 Å². The van der Waals surface area contributed by atoms with E-state index in [9.17, 15) is 0 Å². The highest BCUT2D eigenvalue weighted by molar-refractivity contribution is 4.67. The molecule has 198 valence electrons. The average molecular weight is 480 g/mol. The molecular weight excluding hydrogens is 430 g/mol. The Morgan fingerprint density at radius 1 is 0.576 bits per heavy atom. The molecule has 9 nitrogen and oxygen atoms in total. The van der Waals surface area contributed by atoms with Gasteiger partial charge in [0.2, 0.25) is 0 Å². The van der Waals surface area contributed by atoms with E-state index >= 15 is 0 Å². The lowest BCUT2D eigenvalue weighted by Gasteiger charge is -2.22. The largest absolute Gasteiger partial charge is 0.379 e. The maximum atomic E-state index is 5.78. The molecule has 1 heterocycles. The summed E-state index contributed by atoms with van der Waals surface area (Å²) in [6.45, 7) is 15.4. The molecule has 1 saturated heterocycles. The lowest BCUT2D eigenvalue weighted by molar-refractivity contribution is -0.0315. The molecular formula is C24H49NO8. The Morgan fingerprint density at radius 2 is 0.939 bits per heavy atom. The summed E-state index contributed by atoms with van der Waals surface area (Å²) in [4.78, 5) is 0. The summed E-state index contributed by atoms with van der Waals surface area (Å²) in [5.74, 6) is 0.608. The molecule has 0 aromatic rings. The van der Waals surface area contributed by atoms with Crippen LogP contribution in [0.25, 0.3) is 0 Å². The molecule has 1 rings (SSSR count). The van der Waals surface area contributed by atoms with Crippen molar-refractivity contribution >= 4 is 0 Å². The second kappa shape index (κ2) is 24.8. The standard InChI is InChI=1S/C24H49NO8/c1-3-23(2)22-32-19-18-30-15-14-28-11-10-26-8-9-27-12-13-29-16-17-31-20-21-33-24-4-6-25-7-5-24/h23-25H,3-22H2,1-2H3. The highest BCUT2D eigenvalue weighted by Gasteiger charge is 2.12. The van der Waals surface area contributed by atoms with Gasteiger partial charge in [-0.05, 0) is 31.8 Å². The Morgan fingerprint density at radius 3 is 1.33 bits per heavy atom. The fraction of sp³-hybridized carbons (Fsp3) is 1.00. The van der Waals surface area contributed by atoms with Crippen molar-refractivity contribution in [2.24, 2.45) is 5.92 Å². The van der Waals surface area contributed by atoms with Crippen LogP contribution in [0.3, 0.4) is 0 Å². The highest BCUT2D eigenvalue weighted by atomic mass is 16.6. The fourth-order valence-electron chi connectivity index (χ4n) is 2.96. The van der Waals surface area contributed by atoms with Crippen molar-refractivity contribution in [1.29, 1.82) is 0 Å². The minimum Gasteiger partial charge on any atom is -0.379 e. The second-order valence-corrected chi connectivity index (χ2v) is 8.08. The van der Waals surface area contributed by atoms with E-state index in [-0.39, 0.29) is 0 Å². The molecule has 0 amide bonds. The molecule has 9 heteroatoms. The van der Waals surface area contributed by atoms with Crippen molar-refractivity contribution in [3.8, 4) is 0 Å². The quantitative estimate of drug-likeness (QED) is 0.197. The Labute approximate surface area is 201 Å². The van der Waals surface area contributed by atoms with Crippen molar-refractivity contribution in [2.75, 3.05) is 112 Å². The lowest BCUT2D eigenvalue weighted by Crippen LogP contribution is -2.33. The summed E-state index contributed by atoms with van der Waals surface area (Å²) < 4.78 is 44.1. The van der Waals surface area contributed by atoms with Crippen molar-refractivity contribution in [3.05, 3.63) is 0 Å². The SMILES string of the molecule is CCC(C)COCCOCCOCCOCCOCCOCCOCCOC1CCNCC1. The van der Waals surface area contributed by atoms with Crippen LogP contribution >= 0.6 is 0 Å². The molecule has 1 fully saturated rings. The molecule has 0 aromatic heterocycles. The Kier molecular flexibility index (Phi) is 23.0. The first-order chi connectivity index (χ1) is 16.3. The molecule has 0 radical (unpaired) electrons. The van der Waals surface area contributed by atoms with E-state index in [2.05, 4.69) is 19.2 Å². The Hall–Kier alpha value is -0.360. The zero-order valence-electron chi connectivity index (χ0n) is 21.1. The maximum Gasteiger partial charge on any atom is 0.0704 e. The molecule has 0 bridgehead atoms. The van der Waals surface area contributed by atoms with Crippen LogP contribution in [-0.4, -0.2) is 118 Å². The number of hydrogen-bond donors (Lipinski definition) is 1. The van der Waals surface area contributed by atoms with Crippen molar-refractivity contribution < 1.29 is 37.9 Å². The van der Waals surface area contributed by atoms with E-state index in [1.165, 1.54) is 0 Å². The number of hydrogen-bond acceptors (Lipinski definition) is 9. The summed E-state index contributed by atoms with van der Waals surface area (Å²) in [7, 11) is 0. The van der Waals surface area contributed by atoms with Crippen LogP contribution in [0.15, 0.2) is 0 Å². The summed E-state index contributed by atoms with van der Waals surface area (Å²) in [6.07, 6.45) is 3.71. The van der Waals surface area contributed by atoms with Crippen LogP contribution < -0.4 is 5.32 Å². The molecule has 0 spiro atoms. The summed E-state index contributed by atoms with van der Waals surface area (Å²) in [5.41, 5.74) is 0. The average Bonchev–Trinajstić information content (AvgIpc) is 2.85. The highest BCUT2D eigenvalue weighted by Crippen LogP contribution is 2.06. The first-order valence-corrected chi connectivity index (χ1v) is 12.7. The second-order valence-electron chi connectivity index (χ2n) is 8.08. The van der Waals surface area contributed by atoms with Gasteiger partial charge in [-0.2, -0.15) is 0 Å². The van der Waals surface area contributed by atoms with Crippen molar-refractivity contribution in [2.45, 2.75) is 39.2 Å².